The molecule has 2 aromatic carbocycles. The van der Waals surface area contributed by atoms with E-state index in [1.807, 2.05) is 30.3 Å². The number of aliphatic hydroxyl groups is 7. The molecule has 0 radical (unpaired) electrons. The van der Waals surface area contributed by atoms with Crippen LogP contribution in [0.1, 0.15) is 17.5 Å². The van der Waals surface area contributed by atoms with Crippen molar-refractivity contribution in [1.82, 2.24) is 0 Å². The normalized spacial score (nSPS) is 33.5. The van der Waals surface area contributed by atoms with E-state index >= 15 is 0 Å². The number of hydrogen-bond acceptors (Lipinski definition) is 9. The number of aliphatic hydroxyl groups excluding tert-OH is 7. The predicted molar refractivity (Wildman–Crippen MR) is 132 cm³/mol. The summed E-state index contributed by atoms with van der Waals surface area (Å²) >= 11 is 0. The highest BCUT2D eigenvalue weighted by atomic mass is 16.5. The summed E-state index contributed by atoms with van der Waals surface area (Å²) in [6, 6.07) is 14.7. The van der Waals surface area contributed by atoms with Crippen LogP contribution in [0.4, 0.5) is 0 Å². The third-order valence-electron chi connectivity index (χ3n) is 6.47. The summed E-state index contributed by atoms with van der Waals surface area (Å²) in [6.45, 7) is -0.921. The summed E-state index contributed by atoms with van der Waals surface area (Å²) in [5.74, 6) is 11.6. The van der Waals surface area contributed by atoms with Crippen LogP contribution in [-0.2, 0) is 9.47 Å². The zero-order valence-electron chi connectivity index (χ0n) is 19.9. The molecule has 0 aliphatic carbocycles. The second kappa shape index (κ2) is 12.2. The largest absolute Gasteiger partial charge is 0.394 e. The fourth-order valence-electron chi connectivity index (χ4n) is 4.30. The van der Waals surface area contributed by atoms with Crippen molar-refractivity contribution in [1.29, 1.82) is 0 Å². The van der Waals surface area contributed by atoms with E-state index in [2.05, 4.69) is 23.7 Å². The Hall–Kier alpha value is -2.80. The molecule has 2 saturated heterocycles. The molecule has 9 nitrogen and oxygen atoms in total. The van der Waals surface area contributed by atoms with Gasteiger partial charge in [-0.15, -0.1) is 0 Å². The molecule has 2 aliphatic heterocycles. The lowest BCUT2D eigenvalue weighted by atomic mass is 9.94. The Bertz CT molecular complexity index is 1180. The molecule has 2 aliphatic rings. The van der Waals surface area contributed by atoms with E-state index in [0.29, 0.717) is 11.1 Å². The van der Waals surface area contributed by atoms with Crippen molar-refractivity contribution in [3.05, 3.63) is 59.7 Å². The minimum atomic E-state index is -1.51. The van der Waals surface area contributed by atoms with Gasteiger partial charge in [0.1, 0.15) is 42.7 Å². The van der Waals surface area contributed by atoms with Crippen molar-refractivity contribution in [3.8, 4) is 34.8 Å². The summed E-state index contributed by atoms with van der Waals surface area (Å²) in [7, 11) is 0. The Morgan fingerprint density at radius 2 is 1.38 bits per heavy atom. The van der Waals surface area contributed by atoms with Gasteiger partial charge in [0.15, 0.2) is 0 Å². The van der Waals surface area contributed by atoms with Crippen LogP contribution in [0.25, 0.3) is 11.1 Å². The van der Waals surface area contributed by atoms with E-state index in [0.717, 1.165) is 11.1 Å². The molecule has 7 N–H and O–H groups in total. The van der Waals surface area contributed by atoms with Crippen molar-refractivity contribution < 1.29 is 45.2 Å². The fourth-order valence-corrected chi connectivity index (χ4v) is 4.30. The van der Waals surface area contributed by atoms with E-state index in [-0.39, 0.29) is 13.0 Å². The van der Waals surface area contributed by atoms with Gasteiger partial charge in [-0.2, -0.15) is 0 Å². The molecule has 2 aromatic rings. The Morgan fingerprint density at radius 1 is 0.703 bits per heavy atom. The summed E-state index contributed by atoms with van der Waals surface area (Å²) in [4.78, 5) is 0. The van der Waals surface area contributed by atoms with Gasteiger partial charge in [-0.05, 0) is 29.3 Å². The topological polar surface area (TPSA) is 160 Å². The second-order valence-corrected chi connectivity index (χ2v) is 9.06. The van der Waals surface area contributed by atoms with Gasteiger partial charge in [0.2, 0.25) is 0 Å². The maximum absolute atomic E-state index is 10.3. The molecule has 196 valence electrons. The average molecular weight is 511 g/mol. The standard InChI is InChI=1S/C28H30O9/c29-14-24-21(32)13-20(31)22(36-24)11-9-18-8-6-16(12-19(18)17-4-2-1-3-5-17)7-10-23-26(33)28(35)27(34)25(15-30)37-23/h1-6,8,12,20-35H,13-15H2/t20?,21-,22?,23?,24?,25?,26?,27+,28?/m0/s1. The quantitative estimate of drug-likeness (QED) is 0.251. The maximum atomic E-state index is 10.3. The van der Waals surface area contributed by atoms with Crippen molar-refractivity contribution in [2.24, 2.45) is 0 Å². The molecule has 0 saturated carbocycles. The molecule has 4 rings (SSSR count). The van der Waals surface area contributed by atoms with Gasteiger partial charge >= 0.3 is 0 Å². The highest BCUT2D eigenvalue weighted by Crippen LogP contribution is 2.26. The number of rotatable bonds is 3. The smallest absolute Gasteiger partial charge is 0.147 e. The molecule has 7 unspecified atom stereocenters. The summed E-state index contributed by atoms with van der Waals surface area (Å²) in [5, 5.41) is 69.2. The Labute approximate surface area is 214 Å². The van der Waals surface area contributed by atoms with Gasteiger partial charge in [0.05, 0.1) is 25.4 Å². The van der Waals surface area contributed by atoms with Crippen LogP contribution in [0.15, 0.2) is 48.5 Å². The van der Waals surface area contributed by atoms with E-state index in [9.17, 15) is 35.7 Å². The second-order valence-electron chi connectivity index (χ2n) is 9.06. The first-order valence-corrected chi connectivity index (χ1v) is 12.0. The SMILES string of the molecule is OCC1OC(C#Cc2ccc(C#CC3OC(CO)[C@@H](O)CC3O)c(-c3ccccc3)c2)C(O)C(O)[C@@H]1O. The molecule has 2 heterocycles. The Balaban J connectivity index is 1.63. The molecular weight excluding hydrogens is 480 g/mol. The summed E-state index contributed by atoms with van der Waals surface area (Å²) in [6.07, 6.45) is -10.2. The van der Waals surface area contributed by atoms with E-state index < -0.39 is 61.5 Å². The van der Waals surface area contributed by atoms with Gasteiger partial charge in [-0.3, -0.25) is 0 Å². The average Bonchev–Trinajstić information content (AvgIpc) is 2.91. The first-order chi connectivity index (χ1) is 17.8. The molecule has 0 amide bonds. The van der Waals surface area contributed by atoms with Crippen LogP contribution in [0.2, 0.25) is 0 Å². The van der Waals surface area contributed by atoms with Crippen LogP contribution in [0.3, 0.4) is 0 Å². The number of ether oxygens (including phenoxy) is 2. The van der Waals surface area contributed by atoms with Crippen molar-refractivity contribution in [3.63, 3.8) is 0 Å². The van der Waals surface area contributed by atoms with Crippen molar-refractivity contribution in [2.75, 3.05) is 13.2 Å². The summed E-state index contributed by atoms with van der Waals surface area (Å²) < 4.78 is 11.0. The maximum Gasteiger partial charge on any atom is 0.147 e. The summed E-state index contributed by atoms with van der Waals surface area (Å²) in [5.41, 5.74) is 2.81. The molecule has 9 atom stereocenters. The molecule has 0 bridgehead atoms. The van der Waals surface area contributed by atoms with Crippen LogP contribution in [0, 0.1) is 23.7 Å². The lowest BCUT2D eigenvalue weighted by Gasteiger charge is -2.37. The minimum Gasteiger partial charge on any atom is -0.394 e. The molecule has 2 fully saturated rings. The molecule has 0 spiro atoms. The van der Waals surface area contributed by atoms with Crippen LogP contribution in [-0.4, -0.2) is 104 Å². The highest BCUT2D eigenvalue weighted by molar-refractivity contribution is 5.73. The van der Waals surface area contributed by atoms with Crippen LogP contribution < -0.4 is 0 Å². The zero-order valence-corrected chi connectivity index (χ0v) is 19.9. The number of hydrogen-bond donors (Lipinski definition) is 7. The lowest BCUT2D eigenvalue weighted by Crippen LogP contribution is -2.58. The third-order valence-corrected chi connectivity index (χ3v) is 6.47. The van der Waals surface area contributed by atoms with E-state index in [1.54, 1.807) is 18.2 Å². The Morgan fingerprint density at radius 3 is 2.08 bits per heavy atom. The molecule has 37 heavy (non-hydrogen) atoms. The zero-order chi connectivity index (χ0) is 26.5. The van der Waals surface area contributed by atoms with Gasteiger partial charge in [0.25, 0.3) is 0 Å². The van der Waals surface area contributed by atoms with Crippen molar-refractivity contribution >= 4 is 0 Å². The van der Waals surface area contributed by atoms with Gasteiger partial charge < -0.3 is 45.2 Å². The molecule has 9 heteroatoms. The Kier molecular flexibility index (Phi) is 8.95. The third kappa shape index (κ3) is 6.20. The predicted octanol–water partition coefficient (Wildman–Crippen LogP) is -1.23. The first kappa shape index (κ1) is 27.2. The number of benzene rings is 2. The highest BCUT2D eigenvalue weighted by Gasteiger charge is 2.42. The van der Waals surface area contributed by atoms with E-state index in [1.165, 1.54) is 0 Å². The van der Waals surface area contributed by atoms with Crippen LogP contribution in [0.5, 0.6) is 0 Å². The van der Waals surface area contributed by atoms with Gasteiger partial charge in [-0.1, -0.05) is 54.0 Å². The van der Waals surface area contributed by atoms with Crippen LogP contribution >= 0.6 is 0 Å². The monoisotopic (exact) mass is 510 g/mol. The van der Waals surface area contributed by atoms with Gasteiger partial charge in [-0.25, -0.2) is 0 Å². The fraction of sp³-hybridized carbons (Fsp3) is 0.429. The lowest BCUT2D eigenvalue weighted by molar-refractivity contribution is -0.214. The molecular formula is C28H30O9. The van der Waals surface area contributed by atoms with Crippen molar-refractivity contribution in [2.45, 2.75) is 61.4 Å². The minimum absolute atomic E-state index is 0.0442. The van der Waals surface area contributed by atoms with E-state index in [4.69, 9.17) is 9.47 Å². The molecule has 0 aromatic heterocycles. The first-order valence-electron chi connectivity index (χ1n) is 12.0. The van der Waals surface area contributed by atoms with Gasteiger partial charge in [0, 0.05) is 17.5 Å².